The summed E-state index contributed by atoms with van der Waals surface area (Å²) in [5.74, 6) is 0.948. The van der Waals surface area contributed by atoms with Crippen LogP contribution in [0.15, 0.2) is 48.5 Å². The van der Waals surface area contributed by atoms with Gasteiger partial charge in [-0.2, -0.15) is 0 Å². The van der Waals surface area contributed by atoms with E-state index in [-0.39, 0.29) is 0 Å². The van der Waals surface area contributed by atoms with Gasteiger partial charge in [0.05, 0.1) is 7.11 Å². The first-order valence-electron chi connectivity index (χ1n) is 7.08. The van der Waals surface area contributed by atoms with Crippen LogP contribution >= 0.6 is 11.3 Å². The molecule has 0 bridgehead atoms. The summed E-state index contributed by atoms with van der Waals surface area (Å²) in [4.78, 5) is 2.72. The first-order chi connectivity index (χ1) is 10.3. The summed E-state index contributed by atoms with van der Waals surface area (Å²) in [5.41, 5.74) is 1.23. The van der Waals surface area contributed by atoms with Gasteiger partial charge in [0.2, 0.25) is 0 Å². The molecule has 0 amide bonds. The van der Waals surface area contributed by atoms with Crippen LogP contribution in [0, 0.1) is 6.92 Å². The van der Waals surface area contributed by atoms with Crippen LogP contribution in [-0.2, 0) is 13.1 Å². The van der Waals surface area contributed by atoms with Gasteiger partial charge >= 0.3 is 0 Å². The maximum Gasteiger partial charge on any atom is 0.123 e. The number of rotatable bonds is 5. The lowest BCUT2D eigenvalue weighted by Crippen LogP contribution is -2.13. The molecule has 3 aromatic rings. The van der Waals surface area contributed by atoms with Gasteiger partial charge in [-0.25, -0.2) is 0 Å². The normalized spacial score (nSPS) is 11.0. The Balaban J connectivity index is 1.81. The summed E-state index contributed by atoms with van der Waals surface area (Å²) in [7, 11) is 1.73. The van der Waals surface area contributed by atoms with Crippen LogP contribution in [0.25, 0.3) is 10.8 Å². The van der Waals surface area contributed by atoms with Crippen LogP contribution < -0.4 is 10.1 Å². The second-order valence-corrected chi connectivity index (χ2v) is 6.46. The van der Waals surface area contributed by atoms with Gasteiger partial charge in [-0.1, -0.05) is 30.3 Å². The smallest absolute Gasteiger partial charge is 0.123 e. The minimum atomic E-state index is 0.807. The van der Waals surface area contributed by atoms with E-state index in [1.807, 2.05) is 11.3 Å². The zero-order valence-corrected chi connectivity index (χ0v) is 13.2. The van der Waals surface area contributed by atoms with E-state index in [1.165, 1.54) is 26.1 Å². The Morgan fingerprint density at radius 2 is 1.86 bits per heavy atom. The van der Waals surface area contributed by atoms with Crippen LogP contribution in [0.2, 0.25) is 0 Å². The Morgan fingerprint density at radius 1 is 1.00 bits per heavy atom. The highest BCUT2D eigenvalue weighted by Crippen LogP contribution is 2.28. The molecule has 21 heavy (non-hydrogen) atoms. The lowest BCUT2D eigenvalue weighted by molar-refractivity contribution is 0.408. The molecular formula is C18H19NOS. The van der Waals surface area contributed by atoms with Crippen molar-refractivity contribution in [2.45, 2.75) is 20.0 Å². The molecule has 0 radical (unpaired) electrons. The zero-order valence-electron chi connectivity index (χ0n) is 12.3. The molecule has 2 aromatic carbocycles. The summed E-state index contributed by atoms with van der Waals surface area (Å²) in [6.45, 7) is 3.84. The molecule has 0 atom stereocenters. The van der Waals surface area contributed by atoms with Crippen molar-refractivity contribution in [3.8, 4) is 5.75 Å². The van der Waals surface area contributed by atoms with Crippen molar-refractivity contribution in [3.63, 3.8) is 0 Å². The van der Waals surface area contributed by atoms with Crippen molar-refractivity contribution >= 4 is 22.1 Å². The molecule has 0 spiro atoms. The Bertz CT molecular complexity index is 748. The lowest BCUT2D eigenvalue weighted by Gasteiger charge is -2.12. The first kappa shape index (κ1) is 14.1. The fourth-order valence-electron chi connectivity index (χ4n) is 2.58. The highest BCUT2D eigenvalue weighted by Gasteiger charge is 2.08. The summed E-state index contributed by atoms with van der Waals surface area (Å²) in [6, 6.07) is 17.0. The zero-order chi connectivity index (χ0) is 14.7. The van der Waals surface area contributed by atoms with Crippen molar-refractivity contribution in [2.24, 2.45) is 0 Å². The minimum Gasteiger partial charge on any atom is -0.496 e. The Hall–Kier alpha value is -1.84. The number of benzene rings is 2. The number of thiophene rings is 1. The van der Waals surface area contributed by atoms with Gasteiger partial charge in [0.25, 0.3) is 0 Å². The molecule has 3 rings (SSSR count). The van der Waals surface area contributed by atoms with Gasteiger partial charge in [-0.15, -0.1) is 11.3 Å². The van der Waals surface area contributed by atoms with E-state index in [2.05, 4.69) is 60.8 Å². The second-order valence-electron chi connectivity index (χ2n) is 5.08. The molecule has 2 nitrogen and oxygen atoms in total. The minimum absolute atomic E-state index is 0.807. The molecular weight excluding hydrogens is 278 g/mol. The van der Waals surface area contributed by atoms with Gasteiger partial charge in [0.15, 0.2) is 0 Å². The maximum absolute atomic E-state index is 5.52. The largest absolute Gasteiger partial charge is 0.496 e. The average Bonchev–Trinajstić information content (AvgIpc) is 2.93. The summed E-state index contributed by atoms with van der Waals surface area (Å²) >= 11 is 1.84. The van der Waals surface area contributed by atoms with Crippen molar-refractivity contribution in [1.29, 1.82) is 0 Å². The number of ether oxygens (including phenoxy) is 1. The lowest BCUT2D eigenvalue weighted by atomic mass is 10.0. The molecule has 3 heteroatoms. The van der Waals surface area contributed by atoms with Crippen LogP contribution in [0.4, 0.5) is 0 Å². The van der Waals surface area contributed by atoms with Gasteiger partial charge < -0.3 is 10.1 Å². The van der Waals surface area contributed by atoms with Crippen LogP contribution in [0.1, 0.15) is 15.3 Å². The van der Waals surface area contributed by atoms with Gasteiger partial charge in [0.1, 0.15) is 5.75 Å². The summed E-state index contributed by atoms with van der Waals surface area (Å²) < 4.78 is 5.52. The van der Waals surface area contributed by atoms with Gasteiger partial charge in [-0.05, 0) is 35.9 Å². The molecule has 0 aliphatic heterocycles. The third-order valence-corrected chi connectivity index (χ3v) is 4.62. The van der Waals surface area contributed by atoms with Gasteiger partial charge in [0, 0.05) is 28.4 Å². The molecule has 0 saturated carbocycles. The number of methoxy groups -OCH3 is 1. The van der Waals surface area contributed by atoms with E-state index in [1.54, 1.807) is 7.11 Å². The molecule has 1 aromatic heterocycles. The molecule has 0 fully saturated rings. The average molecular weight is 297 g/mol. The van der Waals surface area contributed by atoms with Crippen molar-refractivity contribution in [2.75, 3.05) is 7.11 Å². The van der Waals surface area contributed by atoms with Crippen LogP contribution in [0.5, 0.6) is 5.75 Å². The quantitative estimate of drug-likeness (QED) is 0.748. The van der Waals surface area contributed by atoms with Gasteiger partial charge in [-0.3, -0.25) is 0 Å². The number of aryl methyl sites for hydroxylation is 1. The number of nitrogens with one attached hydrogen (secondary N) is 1. The fraction of sp³-hybridized carbons (Fsp3) is 0.222. The monoisotopic (exact) mass is 297 g/mol. The van der Waals surface area contributed by atoms with Crippen LogP contribution in [-0.4, -0.2) is 7.11 Å². The van der Waals surface area contributed by atoms with E-state index in [0.29, 0.717) is 0 Å². The highest BCUT2D eigenvalue weighted by molar-refractivity contribution is 7.11. The van der Waals surface area contributed by atoms with Crippen LogP contribution in [0.3, 0.4) is 0 Å². The number of hydrogen-bond acceptors (Lipinski definition) is 3. The van der Waals surface area contributed by atoms with E-state index in [4.69, 9.17) is 4.74 Å². The molecule has 0 unspecified atom stereocenters. The van der Waals surface area contributed by atoms with Crippen molar-refractivity contribution in [3.05, 3.63) is 63.8 Å². The highest BCUT2D eigenvalue weighted by atomic mass is 32.1. The Morgan fingerprint density at radius 3 is 2.62 bits per heavy atom. The molecule has 1 N–H and O–H groups in total. The molecule has 1 heterocycles. The second kappa shape index (κ2) is 6.29. The Kier molecular flexibility index (Phi) is 4.23. The molecule has 0 saturated heterocycles. The number of fused-ring (bicyclic) bond motifs is 1. The predicted molar refractivity (Wildman–Crippen MR) is 90.1 cm³/mol. The first-order valence-corrected chi connectivity index (χ1v) is 7.90. The van der Waals surface area contributed by atoms with E-state index < -0.39 is 0 Å². The Labute approximate surface area is 129 Å². The third kappa shape index (κ3) is 3.09. The van der Waals surface area contributed by atoms with E-state index in [0.717, 1.165) is 18.8 Å². The molecule has 0 aliphatic carbocycles. The number of hydrogen-bond donors (Lipinski definition) is 1. The SMILES string of the molecule is COc1ccc2ccccc2c1CNCc1ccc(C)s1. The fourth-order valence-corrected chi connectivity index (χ4v) is 3.44. The summed E-state index contributed by atoms with van der Waals surface area (Å²) in [6.07, 6.45) is 0. The maximum atomic E-state index is 5.52. The topological polar surface area (TPSA) is 21.3 Å². The van der Waals surface area contributed by atoms with Crippen molar-refractivity contribution in [1.82, 2.24) is 5.32 Å². The van der Waals surface area contributed by atoms with Crippen molar-refractivity contribution < 1.29 is 4.74 Å². The summed E-state index contributed by atoms with van der Waals surface area (Å²) in [5, 5.41) is 6.04. The molecule has 0 aliphatic rings. The third-order valence-electron chi connectivity index (χ3n) is 3.61. The van der Waals surface area contributed by atoms with E-state index in [9.17, 15) is 0 Å². The molecule has 108 valence electrons. The standard InChI is InChI=1S/C18H19NOS/c1-13-7-9-15(21-13)11-19-12-17-16-6-4-3-5-14(16)8-10-18(17)20-2/h3-10,19H,11-12H2,1-2H3. The predicted octanol–water partition coefficient (Wildman–Crippen LogP) is 4.51. The van der Waals surface area contributed by atoms with E-state index >= 15 is 0 Å².